The van der Waals surface area contributed by atoms with Gasteiger partial charge in [-0.3, -0.25) is 0 Å². The highest BCUT2D eigenvalue weighted by atomic mass is 16.5. The number of hydrogen-bond donors (Lipinski definition) is 2. The Bertz CT molecular complexity index is 152. The SMILES string of the molecule is CCCC(C)CNCC1(CO)COC1. The summed E-state index contributed by atoms with van der Waals surface area (Å²) < 4.78 is 5.13. The van der Waals surface area contributed by atoms with Crippen molar-refractivity contribution in [2.45, 2.75) is 26.7 Å². The lowest BCUT2D eigenvalue weighted by Crippen LogP contribution is -2.52. The average Bonchev–Trinajstić information content (AvgIpc) is 2.10. The van der Waals surface area contributed by atoms with Crippen molar-refractivity contribution < 1.29 is 9.84 Å². The summed E-state index contributed by atoms with van der Waals surface area (Å²) in [4.78, 5) is 0. The molecule has 0 aromatic rings. The number of rotatable bonds is 7. The van der Waals surface area contributed by atoms with Crippen molar-refractivity contribution in [3.05, 3.63) is 0 Å². The summed E-state index contributed by atoms with van der Waals surface area (Å²) in [6.07, 6.45) is 2.52. The summed E-state index contributed by atoms with van der Waals surface area (Å²) in [5.74, 6) is 0.733. The summed E-state index contributed by atoms with van der Waals surface area (Å²) in [6.45, 7) is 8.07. The molecule has 0 radical (unpaired) electrons. The predicted molar refractivity (Wildman–Crippen MR) is 57.3 cm³/mol. The van der Waals surface area contributed by atoms with Crippen LogP contribution in [0.15, 0.2) is 0 Å². The number of aliphatic hydroxyl groups excluding tert-OH is 1. The van der Waals surface area contributed by atoms with Gasteiger partial charge in [0.2, 0.25) is 0 Å². The minimum absolute atomic E-state index is 0.0198. The van der Waals surface area contributed by atoms with Crippen LogP contribution < -0.4 is 5.32 Å². The molecule has 1 rings (SSSR count). The van der Waals surface area contributed by atoms with Crippen molar-refractivity contribution in [1.82, 2.24) is 5.32 Å². The number of ether oxygens (including phenoxy) is 1. The molecule has 0 saturated carbocycles. The Labute approximate surface area is 86.8 Å². The maximum Gasteiger partial charge on any atom is 0.0579 e. The molecule has 0 bridgehead atoms. The highest BCUT2D eigenvalue weighted by molar-refractivity contribution is 4.87. The fraction of sp³-hybridized carbons (Fsp3) is 1.00. The lowest BCUT2D eigenvalue weighted by molar-refractivity contribution is -0.134. The van der Waals surface area contributed by atoms with Crippen LogP contribution in [0.1, 0.15) is 26.7 Å². The molecule has 1 aliphatic rings. The molecule has 1 unspecified atom stereocenters. The van der Waals surface area contributed by atoms with Gasteiger partial charge in [-0.2, -0.15) is 0 Å². The number of aliphatic hydroxyl groups is 1. The third-order valence-electron chi connectivity index (χ3n) is 2.93. The maximum absolute atomic E-state index is 9.19. The standard InChI is InChI=1S/C11H23NO2/c1-3-4-10(2)5-12-6-11(7-13)8-14-9-11/h10,12-13H,3-9H2,1-2H3. The summed E-state index contributed by atoms with van der Waals surface area (Å²) in [5, 5.41) is 12.6. The molecule has 84 valence electrons. The van der Waals surface area contributed by atoms with Crippen LogP contribution in [-0.2, 0) is 4.74 Å². The fourth-order valence-corrected chi connectivity index (χ4v) is 1.82. The van der Waals surface area contributed by atoms with Gasteiger partial charge in [-0.05, 0) is 18.9 Å². The normalized spacial score (nSPS) is 21.6. The first-order valence-electron chi connectivity index (χ1n) is 5.62. The van der Waals surface area contributed by atoms with Crippen LogP contribution in [0.4, 0.5) is 0 Å². The van der Waals surface area contributed by atoms with E-state index in [1.807, 2.05) is 0 Å². The molecule has 0 amide bonds. The van der Waals surface area contributed by atoms with E-state index in [-0.39, 0.29) is 12.0 Å². The Morgan fingerprint density at radius 1 is 1.50 bits per heavy atom. The smallest absolute Gasteiger partial charge is 0.0579 e. The first-order chi connectivity index (χ1) is 6.72. The quantitative estimate of drug-likeness (QED) is 0.646. The summed E-state index contributed by atoms with van der Waals surface area (Å²) in [5.41, 5.74) is 0.0198. The zero-order valence-corrected chi connectivity index (χ0v) is 9.38. The van der Waals surface area contributed by atoms with Gasteiger partial charge in [0.05, 0.1) is 25.2 Å². The third-order valence-corrected chi connectivity index (χ3v) is 2.93. The van der Waals surface area contributed by atoms with Crippen molar-refractivity contribution in [2.75, 3.05) is 32.9 Å². The van der Waals surface area contributed by atoms with E-state index in [1.54, 1.807) is 0 Å². The molecule has 1 fully saturated rings. The van der Waals surface area contributed by atoms with Crippen LogP contribution in [0.2, 0.25) is 0 Å². The van der Waals surface area contributed by atoms with Gasteiger partial charge in [0.25, 0.3) is 0 Å². The van der Waals surface area contributed by atoms with Crippen LogP contribution in [0.3, 0.4) is 0 Å². The van der Waals surface area contributed by atoms with Crippen molar-refractivity contribution in [3.63, 3.8) is 0 Å². The van der Waals surface area contributed by atoms with Crippen LogP contribution >= 0.6 is 0 Å². The van der Waals surface area contributed by atoms with E-state index in [0.717, 1.165) is 19.0 Å². The van der Waals surface area contributed by atoms with E-state index in [4.69, 9.17) is 4.74 Å². The molecule has 1 heterocycles. The molecule has 0 aromatic carbocycles. The molecule has 0 aliphatic carbocycles. The summed E-state index contributed by atoms with van der Waals surface area (Å²) in [7, 11) is 0. The molecule has 2 N–H and O–H groups in total. The third kappa shape index (κ3) is 3.23. The molecule has 3 nitrogen and oxygen atoms in total. The lowest BCUT2D eigenvalue weighted by atomic mass is 9.87. The number of hydrogen-bond acceptors (Lipinski definition) is 3. The van der Waals surface area contributed by atoms with Crippen LogP contribution in [0, 0.1) is 11.3 Å². The summed E-state index contributed by atoms with van der Waals surface area (Å²) in [6, 6.07) is 0. The summed E-state index contributed by atoms with van der Waals surface area (Å²) >= 11 is 0. The second-order valence-corrected chi connectivity index (χ2v) is 4.68. The average molecular weight is 201 g/mol. The van der Waals surface area contributed by atoms with Crippen molar-refractivity contribution in [1.29, 1.82) is 0 Å². The zero-order valence-electron chi connectivity index (χ0n) is 9.38. The van der Waals surface area contributed by atoms with E-state index in [2.05, 4.69) is 19.2 Å². The minimum atomic E-state index is 0.0198. The van der Waals surface area contributed by atoms with E-state index in [9.17, 15) is 5.11 Å². The van der Waals surface area contributed by atoms with Gasteiger partial charge in [-0.1, -0.05) is 20.3 Å². The zero-order chi connectivity index (χ0) is 10.4. The predicted octanol–water partition coefficient (Wildman–Crippen LogP) is 1.02. The van der Waals surface area contributed by atoms with Crippen LogP contribution in [0.25, 0.3) is 0 Å². The topological polar surface area (TPSA) is 41.5 Å². The molecule has 14 heavy (non-hydrogen) atoms. The molecule has 1 aliphatic heterocycles. The van der Waals surface area contributed by atoms with E-state index >= 15 is 0 Å². The van der Waals surface area contributed by atoms with Crippen molar-refractivity contribution >= 4 is 0 Å². The first-order valence-corrected chi connectivity index (χ1v) is 5.62. The molecule has 1 atom stereocenters. The van der Waals surface area contributed by atoms with Gasteiger partial charge in [0, 0.05) is 6.54 Å². The Morgan fingerprint density at radius 3 is 2.64 bits per heavy atom. The molecule has 0 aromatic heterocycles. The second kappa shape index (κ2) is 5.69. The lowest BCUT2D eigenvalue weighted by Gasteiger charge is -2.40. The fourth-order valence-electron chi connectivity index (χ4n) is 1.82. The molecular formula is C11H23NO2. The highest BCUT2D eigenvalue weighted by Gasteiger charge is 2.37. The molecule has 0 spiro atoms. The molecular weight excluding hydrogens is 178 g/mol. The Kier molecular flexibility index (Phi) is 4.85. The second-order valence-electron chi connectivity index (χ2n) is 4.68. The Balaban J connectivity index is 2.08. The monoisotopic (exact) mass is 201 g/mol. The van der Waals surface area contributed by atoms with Gasteiger partial charge >= 0.3 is 0 Å². The maximum atomic E-state index is 9.19. The number of nitrogens with one attached hydrogen (secondary N) is 1. The van der Waals surface area contributed by atoms with Gasteiger partial charge in [0.15, 0.2) is 0 Å². The van der Waals surface area contributed by atoms with Gasteiger partial charge < -0.3 is 15.2 Å². The van der Waals surface area contributed by atoms with Crippen molar-refractivity contribution in [2.24, 2.45) is 11.3 Å². The minimum Gasteiger partial charge on any atom is -0.396 e. The molecule has 1 saturated heterocycles. The highest BCUT2D eigenvalue weighted by Crippen LogP contribution is 2.25. The van der Waals surface area contributed by atoms with E-state index in [1.165, 1.54) is 12.8 Å². The van der Waals surface area contributed by atoms with Crippen molar-refractivity contribution in [3.8, 4) is 0 Å². The largest absolute Gasteiger partial charge is 0.396 e. The van der Waals surface area contributed by atoms with Crippen LogP contribution in [-0.4, -0.2) is 38.0 Å². The van der Waals surface area contributed by atoms with Gasteiger partial charge in [-0.25, -0.2) is 0 Å². The first kappa shape index (κ1) is 12.0. The van der Waals surface area contributed by atoms with Gasteiger partial charge in [-0.15, -0.1) is 0 Å². The Hall–Kier alpha value is -0.120. The van der Waals surface area contributed by atoms with E-state index in [0.29, 0.717) is 13.2 Å². The van der Waals surface area contributed by atoms with Gasteiger partial charge in [0.1, 0.15) is 0 Å². The Morgan fingerprint density at radius 2 is 2.21 bits per heavy atom. The van der Waals surface area contributed by atoms with Crippen LogP contribution in [0.5, 0.6) is 0 Å². The van der Waals surface area contributed by atoms with E-state index < -0.39 is 0 Å². The molecule has 3 heteroatoms.